The molecule has 2 aromatic carbocycles. The lowest BCUT2D eigenvalue weighted by atomic mass is 9.93. The number of hydrogen-bond acceptors (Lipinski definition) is 1. The Hall–Kier alpha value is -2.55. The van der Waals surface area contributed by atoms with Crippen LogP contribution in [0.25, 0.3) is 10.9 Å². The standard InChI is InChI=1S/C21H22N2O/c1-15-20(17-9-5-6-10-18(17)23-15)21(11-12-21)14-22-19(24)13-16-7-3-2-4-8-16/h2-10,23H,11-14H2,1H3,(H,22,24). The first kappa shape index (κ1) is 15.0. The second-order valence-electron chi connectivity index (χ2n) is 6.89. The van der Waals surface area contributed by atoms with Crippen molar-refractivity contribution >= 4 is 16.8 Å². The zero-order valence-electron chi connectivity index (χ0n) is 13.9. The second kappa shape index (κ2) is 5.82. The molecule has 0 aliphatic heterocycles. The smallest absolute Gasteiger partial charge is 0.224 e. The molecule has 1 heterocycles. The summed E-state index contributed by atoms with van der Waals surface area (Å²) in [6.45, 7) is 2.86. The number of carbonyl (C=O) groups excluding carboxylic acids is 1. The van der Waals surface area contributed by atoms with Gasteiger partial charge in [0.25, 0.3) is 0 Å². The van der Waals surface area contributed by atoms with Crippen molar-refractivity contribution in [2.45, 2.75) is 31.6 Å². The molecule has 1 amide bonds. The highest BCUT2D eigenvalue weighted by atomic mass is 16.1. The Morgan fingerprint density at radius 2 is 1.79 bits per heavy atom. The van der Waals surface area contributed by atoms with E-state index in [0.717, 1.165) is 24.9 Å². The van der Waals surface area contributed by atoms with Crippen LogP contribution in [0.15, 0.2) is 54.6 Å². The minimum absolute atomic E-state index is 0.102. The van der Waals surface area contributed by atoms with Gasteiger partial charge in [-0.1, -0.05) is 48.5 Å². The number of H-pyrrole nitrogens is 1. The number of carbonyl (C=O) groups is 1. The Balaban J connectivity index is 1.50. The topological polar surface area (TPSA) is 44.9 Å². The maximum absolute atomic E-state index is 12.3. The number of aromatic nitrogens is 1. The quantitative estimate of drug-likeness (QED) is 0.737. The Morgan fingerprint density at radius 1 is 1.08 bits per heavy atom. The molecule has 3 nitrogen and oxygen atoms in total. The van der Waals surface area contributed by atoms with Crippen molar-refractivity contribution in [3.8, 4) is 0 Å². The Labute approximate surface area is 142 Å². The van der Waals surface area contributed by atoms with Gasteiger partial charge in [-0.2, -0.15) is 0 Å². The molecule has 0 atom stereocenters. The van der Waals surface area contributed by atoms with Crippen molar-refractivity contribution in [3.63, 3.8) is 0 Å². The van der Waals surface area contributed by atoms with Gasteiger partial charge in [0.2, 0.25) is 5.91 Å². The van der Waals surface area contributed by atoms with Crippen molar-refractivity contribution in [2.75, 3.05) is 6.54 Å². The van der Waals surface area contributed by atoms with Crippen LogP contribution in [-0.4, -0.2) is 17.4 Å². The van der Waals surface area contributed by atoms with Crippen LogP contribution in [0.2, 0.25) is 0 Å². The van der Waals surface area contributed by atoms with E-state index >= 15 is 0 Å². The molecule has 1 fully saturated rings. The molecule has 1 aliphatic carbocycles. The van der Waals surface area contributed by atoms with Crippen LogP contribution in [0.1, 0.15) is 29.7 Å². The molecule has 0 bridgehead atoms. The minimum Gasteiger partial charge on any atom is -0.358 e. The summed E-state index contributed by atoms with van der Waals surface area (Å²) in [7, 11) is 0. The molecule has 2 N–H and O–H groups in total. The molecule has 24 heavy (non-hydrogen) atoms. The molecular weight excluding hydrogens is 296 g/mol. The number of fused-ring (bicyclic) bond motifs is 1. The van der Waals surface area contributed by atoms with E-state index in [1.54, 1.807) is 0 Å². The average molecular weight is 318 g/mol. The van der Waals surface area contributed by atoms with E-state index < -0.39 is 0 Å². The van der Waals surface area contributed by atoms with Gasteiger partial charge in [0.05, 0.1) is 6.42 Å². The zero-order chi connectivity index (χ0) is 16.6. The van der Waals surface area contributed by atoms with E-state index in [4.69, 9.17) is 0 Å². The molecule has 4 rings (SSSR count). The van der Waals surface area contributed by atoms with Crippen LogP contribution >= 0.6 is 0 Å². The Kier molecular flexibility index (Phi) is 3.64. The van der Waals surface area contributed by atoms with E-state index in [1.807, 2.05) is 30.3 Å². The summed E-state index contributed by atoms with van der Waals surface area (Å²) in [5.41, 5.74) is 4.97. The van der Waals surface area contributed by atoms with Gasteiger partial charge in [-0.25, -0.2) is 0 Å². The van der Waals surface area contributed by atoms with Gasteiger partial charge in [-0.05, 0) is 37.0 Å². The normalized spacial score (nSPS) is 15.4. The van der Waals surface area contributed by atoms with E-state index in [1.165, 1.54) is 22.2 Å². The monoisotopic (exact) mass is 318 g/mol. The van der Waals surface area contributed by atoms with Crippen LogP contribution in [0.4, 0.5) is 0 Å². The van der Waals surface area contributed by atoms with Crippen LogP contribution in [0.3, 0.4) is 0 Å². The van der Waals surface area contributed by atoms with Crippen molar-refractivity contribution in [2.24, 2.45) is 0 Å². The number of nitrogens with one attached hydrogen (secondary N) is 2. The first-order chi connectivity index (χ1) is 11.7. The fourth-order valence-electron chi connectivity index (χ4n) is 3.74. The fraction of sp³-hybridized carbons (Fsp3) is 0.286. The van der Waals surface area contributed by atoms with Crippen LogP contribution in [-0.2, 0) is 16.6 Å². The molecule has 3 heteroatoms. The number of para-hydroxylation sites is 1. The molecule has 0 saturated heterocycles. The molecular formula is C21H22N2O. The first-order valence-corrected chi connectivity index (χ1v) is 8.56. The molecule has 1 aliphatic rings. The molecule has 3 aromatic rings. The van der Waals surface area contributed by atoms with Gasteiger partial charge in [0.1, 0.15) is 0 Å². The van der Waals surface area contributed by atoms with Crippen LogP contribution in [0.5, 0.6) is 0 Å². The molecule has 0 radical (unpaired) electrons. The van der Waals surface area contributed by atoms with Gasteiger partial charge >= 0.3 is 0 Å². The lowest BCUT2D eigenvalue weighted by Crippen LogP contribution is -2.33. The van der Waals surface area contributed by atoms with Crippen molar-refractivity contribution in [1.82, 2.24) is 10.3 Å². The number of hydrogen-bond donors (Lipinski definition) is 2. The number of aryl methyl sites for hydroxylation is 1. The summed E-state index contributed by atoms with van der Waals surface area (Å²) in [5, 5.41) is 4.46. The third-order valence-electron chi connectivity index (χ3n) is 5.11. The van der Waals surface area contributed by atoms with E-state index in [2.05, 4.69) is 41.5 Å². The largest absolute Gasteiger partial charge is 0.358 e. The SMILES string of the molecule is Cc1[nH]c2ccccc2c1C1(CNC(=O)Cc2ccccc2)CC1. The number of aromatic amines is 1. The average Bonchev–Trinajstić information content (AvgIpc) is 3.29. The van der Waals surface area contributed by atoms with Crippen molar-refractivity contribution in [1.29, 1.82) is 0 Å². The minimum atomic E-state index is 0.102. The van der Waals surface area contributed by atoms with E-state index in [-0.39, 0.29) is 11.3 Å². The maximum atomic E-state index is 12.3. The third kappa shape index (κ3) is 2.71. The predicted molar refractivity (Wildman–Crippen MR) is 97.1 cm³/mol. The summed E-state index contributed by atoms with van der Waals surface area (Å²) >= 11 is 0. The molecule has 1 saturated carbocycles. The molecule has 0 spiro atoms. The van der Waals surface area contributed by atoms with Crippen LogP contribution in [0, 0.1) is 6.92 Å². The Bertz CT molecular complexity index is 875. The fourth-order valence-corrected chi connectivity index (χ4v) is 3.74. The molecule has 122 valence electrons. The number of rotatable bonds is 5. The van der Waals surface area contributed by atoms with E-state index in [9.17, 15) is 4.79 Å². The molecule has 1 aromatic heterocycles. The van der Waals surface area contributed by atoms with E-state index in [0.29, 0.717) is 6.42 Å². The zero-order valence-corrected chi connectivity index (χ0v) is 13.9. The summed E-state index contributed by atoms with van der Waals surface area (Å²) in [6.07, 6.45) is 2.73. The summed E-state index contributed by atoms with van der Waals surface area (Å²) < 4.78 is 0. The van der Waals surface area contributed by atoms with Gasteiger partial charge in [-0.15, -0.1) is 0 Å². The van der Waals surface area contributed by atoms with Gasteiger partial charge < -0.3 is 10.3 Å². The number of amides is 1. The van der Waals surface area contributed by atoms with Gasteiger partial charge in [-0.3, -0.25) is 4.79 Å². The number of benzene rings is 2. The highest BCUT2D eigenvalue weighted by Crippen LogP contribution is 2.51. The maximum Gasteiger partial charge on any atom is 0.224 e. The second-order valence-corrected chi connectivity index (χ2v) is 6.89. The molecule has 0 unspecified atom stereocenters. The predicted octanol–water partition coefficient (Wildman–Crippen LogP) is 3.87. The van der Waals surface area contributed by atoms with Crippen LogP contribution < -0.4 is 5.32 Å². The highest BCUT2D eigenvalue weighted by Gasteiger charge is 2.46. The van der Waals surface area contributed by atoms with Gasteiger partial charge in [0.15, 0.2) is 0 Å². The third-order valence-corrected chi connectivity index (χ3v) is 5.11. The van der Waals surface area contributed by atoms with Crippen molar-refractivity contribution in [3.05, 3.63) is 71.4 Å². The summed E-state index contributed by atoms with van der Waals surface area (Å²) in [5.74, 6) is 0.102. The highest BCUT2D eigenvalue weighted by molar-refractivity contribution is 5.86. The van der Waals surface area contributed by atoms with Crippen molar-refractivity contribution < 1.29 is 4.79 Å². The summed E-state index contributed by atoms with van der Waals surface area (Å²) in [6, 6.07) is 18.4. The lowest BCUT2D eigenvalue weighted by Gasteiger charge is -2.17. The lowest BCUT2D eigenvalue weighted by molar-refractivity contribution is -0.120. The Morgan fingerprint density at radius 3 is 2.54 bits per heavy atom. The van der Waals surface area contributed by atoms with Gasteiger partial charge in [0, 0.05) is 28.6 Å². The summed E-state index contributed by atoms with van der Waals surface area (Å²) in [4.78, 5) is 15.8. The first-order valence-electron chi connectivity index (χ1n) is 8.56.